The van der Waals surface area contributed by atoms with Crippen LogP contribution in [0.1, 0.15) is 38.3 Å². The summed E-state index contributed by atoms with van der Waals surface area (Å²) in [5, 5.41) is 2.91. The first-order chi connectivity index (χ1) is 18.0. The van der Waals surface area contributed by atoms with E-state index in [9.17, 15) is 22.4 Å². The largest absolute Gasteiger partial charge is 0.352 e. The van der Waals surface area contributed by atoms with Crippen molar-refractivity contribution in [3.63, 3.8) is 0 Å². The maximum Gasteiger partial charge on any atom is 0.264 e. The quantitative estimate of drug-likeness (QED) is 0.384. The van der Waals surface area contributed by atoms with E-state index in [0.717, 1.165) is 46.1 Å². The Bertz CT molecular complexity index is 1350. The van der Waals surface area contributed by atoms with Crippen molar-refractivity contribution < 1.29 is 22.4 Å². The standard InChI is InChI=1S/C29H34FN3O4S/c1-5-22(3)31-29(35)23(4)32(19-24-11-9-10-21(2)18-24)28(34)20-33(26-12-7-6-8-13-26)38(36,37)27-16-14-25(30)15-17-27/h6-18,22-23H,5,19-20H2,1-4H3,(H,31,35)/t22-,23+/m1/s1. The first-order valence-electron chi connectivity index (χ1n) is 12.5. The number of nitrogens with one attached hydrogen (secondary N) is 1. The summed E-state index contributed by atoms with van der Waals surface area (Å²) < 4.78 is 41.8. The average molecular weight is 540 g/mol. The third-order valence-corrected chi connectivity index (χ3v) is 8.12. The van der Waals surface area contributed by atoms with Crippen LogP contribution in [-0.4, -0.2) is 43.8 Å². The van der Waals surface area contributed by atoms with Gasteiger partial charge in [-0.3, -0.25) is 13.9 Å². The van der Waals surface area contributed by atoms with Gasteiger partial charge in [-0.2, -0.15) is 0 Å². The van der Waals surface area contributed by atoms with Crippen LogP contribution in [0.25, 0.3) is 0 Å². The molecule has 3 rings (SSSR count). The molecule has 0 saturated carbocycles. The number of hydrogen-bond donors (Lipinski definition) is 1. The molecular weight excluding hydrogens is 505 g/mol. The van der Waals surface area contributed by atoms with Gasteiger partial charge in [0.25, 0.3) is 10.0 Å². The highest BCUT2D eigenvalue weighted by Gasteiger charge is 2.32. The van der Waals surface area contributed by atoms with Crippen LogP contribution in [0.4, 0.5) is 10.1 Å². The fourth-order valence-electron chi connectivity index (χ4n) is 3.91. The van der Waals surface area contributed by atoms with Gasteiger partial charge in [-0.15, -0.1) is 0 Å². The van der Waals surface area contributed by atoms with Crippen LogP contribution in [0.5, 0.6) is 0 Å². The van der Waals surface area contributed by atoms with E-state index >= 15 is 0 Å². The summed E-state index contributed by atoms with van der Waals surface area (Å²) in [5.74, 6) is -1.45. The van der Waals surface area contributed by atoms with Crippen LogP contribution in [0.15, 0.2) is 83.8 Å². The predicted octanol–water partition coefficient (Wildman–Crippen LogP) is 4.66. The molecule has 0 fully saturated rings. The number of hydrogen-bond acceptors (Lipinski definition) is 4. The van der Waals surface area contributed by atoms with Gasteiger partial charge in [0.1, 0.15) is 18.4 Å². The number of carbonyl (C=O) groups is 2. The van der Waals surface area contributed by atoms with Crippen LogP contribution in [0.2, 0.25) is 0 Å². The normalized spacial score (nSPS) is 12.9. The van der Waals surface area contributed by atoms with Gasteiger partial charge >= 0.3 is 0 Å². The van der Waals surface area contributed by atoms with Crippen molar-refractivity contribution in [2.24, 2.45) is 0 Å². The molecule has 2 amide bonds. The minimum atomic E-state index is -4.23. The van der Waals surface area contributed by atoms with E-state index in [1.165, 1.54) is 4.90 Å². The molecule has 0 spiro atoms. The number of anilines is 1. The highest BCUT2D eigenvalue weighted by molar-refractivity contribution is 7.92. The van der Waals surface area contributed by atoms with Crippen LogP contribution >= 0.6 is 0 Å². The van der Waals surface area contributed by atoms with E-state index in [1.807, 2.05) is 45.0 Å². The van der Waals surface area contributed by atoms with Gasteiger partial charge in [-0.05, 0) is 69.2 Å². The third-order valence-electron chi connectivity index (χ3n) is 6.33. The molecular formula is C29H34FN3O4S. The Morgan fingerprint density at radius 3 is 2.21 bits per heavy atom. The Morgan fingerprint density at radius 2 is 1.61 bits per heavy atom. The number of amides is 2. The number of aryl methyl sites for hydroxylation is 1. The number of halogens is 1. The Morgan fingerprint density at radius 1 is 0.947 bits per heavy atom. The van der Waals surface area contributed by atoms with E-state index in [1.54, 1.807) is 37.3 Å². The fraction of sp³-hybridized carbons (Fsp3) is 0.310. The minimum Gasteiger partial charge on any atom is -0.352 e. The average Bonchev–Trinajstić information content (AvgIpc) is 2.90. The van der Waals surface area contributed by atoms with Crippen molar-refractivity contribution >= 4 is 27.5 Å². The van der Waals surface area contributed by atoms with Crippen molar-refractivity contribution in [3.05, 3.63) is 95.8 Å². The first kappa shape index (κ1) is 28.8. The van der Waals surface area contributed by atoms with Crippen molar-refractivity contribution in [2.75, 3.05) is 10.8 Å². The first-order valence-corrected chi connectivity index (χ1v) is 14.0. The third kappa shape index (κ3) is 7.19. The molecule has 0 aliphatic carbocycles. The topological polar surface area (TPSA) is 86.8 Å². The number of benzene rings is 3. The van der Waals surface area contributed by atoms with Crippen LogP contribution in [0.3, 0.4) is 0 Å². The molecule has 1 N–H and O–H groups in total. The fourth-order valence-corrected chi connectivity index (χ4v) is 5.33. The Hall–Kier alpha value is -3.72. The molecule has 0 aliphatic rings. The van der Waals surface area contributed by atoms with E-state index in [-0.39, 0.29) is 29.1 Å². The number of nitrogens with zero attached hydrogens (tertiary/aromatic N) is 2. The lowest BCUT2D eigenvalue weighted by atomic mass is 10.1. The Labute approximate surface area is 224 Å². The lowest BCUT2D eigenvalue weighted by Gasteiger charge is -2.32. The maximum absolute atomic E-state index is 13.8. The summed E-state index contributed by atoms with van der Waals surface area (Å²) in [5.41, 5.74) is 2.09. The number of carbonyl (C=O) groups excluding carboxylic acids is 2. The summed E-state index contributed by atoms with van der Waals surface area (Å²) in [6, 6.07) is 19.3. The SMILES string of the molecule is CC[C@@H](C)NC(=O)[C@H](C)N(Cc1cccc(C)c1)C(=O)CN(c1ccccc1)S(=O)(=O)c1ccc(F)cc1. The van der Waals surface area contributed by atoms with Crippen molar-refractivity contribution in [3.8, 4) is 0 Å². The highest BCUT2D eigenvalue weighted by Crippen LogP contribution is 2.24. The van der Waals surface area contributed by atoms with E-state index in [2.05, 4.69) is 5.32 Å². The molecule has 7 nitrogen and oxygen atoms in total. The lowest BCUT2D eigenvalue weighted by molar-refractivity contribution is -0.139. The van der Waals surface area contributed by atoms with Gasteiger partial charge in [-0.1, -0.05) is 55.0 Å². The summed E-state index contributed by atoms with van der Waals surface area (Å²) in [4.78, 5) is 28.1. The summed E-state index contributed by atoms with van der Waals surface area (Å²) >= 11 is 0. The molecule has 0 aromatic heterocycles. The van der Waals surface area contributed by atoms with E-state index < -0.39 is 34.3 Å². The van der Waals surface area contributed by atoms with Gasteiger partial charge in [0.15, 0.2) is 0 Å². The second kappa shape index (κ2) is 12.7. The van der Waals surface area contributed by atoms with E-state index in [0.29, 0.717) is 0 Å². The van der Waals surface area contributed by atoms with E-state index in [4.69, 9.17) is 0 Å². The molecule has 2 atom stereocenters. The smallest absolute Gasteiger partial charge is 0.264 e. The van der Waals surface area contributed by atoms with Gasteiger partial charge < -0.3 is 10.2 Å². The molecule has 3 aromatic carbocycles. The number of rotatable bonds is 11. The van der Waals surface area contributed by atoms with Crippen LogP contribution < -0.4 is 9.62 Å². The maximum atomic E-state index is 13.8. The molecule has 0 heterocycles. The lowest BCUT2D eigenvalue weighted by Crippen LogP contribution is -2.52. The zero-order valence-electron chi connectivity index (χ0n) is 22.1. The molecule has 0 bridgehead atoms. The van der Waals surface area contributed by atoms with Gasteiger partial charge in [-0.25, -0.2) is 12.8 Å². The Kier molecular flexibility index (Phi) is 9.63. The minimum absolute atomic E-state index is 0.0828. The van der Waals surface area contributed by atoms with Crippen molar-refractivity contribution in [1.82, 2.24) is 10.2 Å². The predicted molar refractivity (Wildman–Crippen MR) is 146 cm³/mol. The van der Waals surface area contributed by atoms with Gasteiger partial charge in [0, 0.05) is 12.6 Å². The molecule has 0 unspecified atom stereocenters. The second-order valence-corrected chi connectivity index (χ2v) is 11.2. The van der Waals surface area contributed by atoms with Crippen molar-refractivity contribution in [2.45, 2.75) is 57.6 Å². The second-order valence-electron chi connectivity index (χ2n) is 9.31. The molecule has 38 heavy (non-hydrogen) atoms. The zero-order chi connectivity index (χ0) is 27.9. The van der Waals surface area contributed by atoms with Crippen LogP contribution in [0, 0.1) is 12.7 Å². The van der Waals surface area contributed by atoms with Gasteiger partial charge in [0.2, 0.25) is 11.8 Å². The zero-order valence-corrected chi connectivity index (χ0v) is 22.9. The number of para-hydroxylation sites is 1. The van der Waals surface area contributed by atoms with Crippen molar-refractivity contribution in [1.29, 1.82) is 0 Å². The molecule has 9 heteroatoms. The monoisotopic (exact) mass is 539 g/mol. The molecule has 0 radical (unpaired) electrons. The highest BCUT2D eigenvalue weighted by atomic mass is 32.2. The van der Waals surface area contributed by atoms with Gasteiger partial charge in [0.05, 0.1) is 10.6 Å². The summed E-state index contributed by atoms with van der Waals surface area (Å²) in [6.45, 7) is 6.96. The summed E-state index contributed by atoms with van der Waals surface area (Å²) in [6.07, 6.45) is 0.724. The van der Waals surface area contributed by atoms with Crippen LogP contribution in [-0.2, 0) is 26.2 Å². The Balaban J connectivity index is 2.00. The molecule has 0 saturated heterocycles. The number of sulfonamides is 1. The molecule has 0 aliphatic heterocycles. The summed E-state index contributed by atoms with van der Waals surface area (Å²) in [7, 11) is -4.23. The molecule has 202 valence electrons. The molecule has 3 aromatic rings.